The molecule has 4 aliphatic rings. The number of nitrogens with one attached hydrogen (secondary N) is 3. The Hall–Kier alpha value is -1.59. The Bertz CT molecular complexity index is 936. The Morgan fingerprint density at radius 2 is 1.88 bits per heavy atom. The van der Waals surface area contributed by atoms with Crippen LogP contribution in [0.1, 0.15) is 68.3 Å². The Labute approximate surface area is 209 Å². The predicted molar refractivity (Wildman–Crippen MR) is 136 cm³/mol. The molecule has 4 fully saturated rings. The van der Waals surface area contributed by atoms with Crippen molar-refractivity contribution in [1.29, 1.82) is 0 Å². The standard InChI is InChI=1S/C28H40ClN3O2/c1-17-24-12-20-10-22(21-13-25(17)28(24,14-20)15-21)16-32-27(34)23-11-19(5-6-26(23)29)4-3-7-30-8-9-31-18(2)33/h5-6,11,17,20-22,24-25,30H,3-4,7-10,12-16H2,1-2H3,(H,31,33)(H,32,34)/t17-,20?,21?,22?,24?,25-,28?/m1/s1. The molecule has 5 nitrogen and oxygen atoms in total. The largest absolute Gasteiger partial charge is 0.355 e. The van der Waals surface area contributed by atoms with Crippen molar-refractivity contribution in [3.63, 3.8) is 0 Å². The van der Waals surface area contributed by atoms with Crippen molar-refractivity contribution >= 4 is 23.4 Å². The molecule has 1 aromatic carbocycles. The van der Waals surface area contributed by atoms with E-state index in [1.54, 1.807) is 0 Å². The minimum absolute atomic E-state index is 0.00152. The molecule has 0 aliphatic heterocycles. The maximum Gasteiger partial charge on any atom is 0.252 e. The van der Waals surface area contributed by atoms with Gasteiger partial charge in [-0.2, -0.15) is 0 Å². The maximum atomic E-state index is 13.1. The Balaban J connectivity index is 1.11. The lowest BCUT2D eigenvalue weighted by molar-refractivity contribution is -0.118. The summed E-state index contributed by atoms with van der Waals surface area (Å²) in [7, 11) is 0. The van der Waals surface area contributed by atoms with Gasteiger partial charge in [-0.3, -0.25) is 9.59 Å². The zero-order valence-corrected chi connectivity index (χ0v) is 21.4. The molecule has 1 spiro atoms. The van der Waals surface area contributed by atoms with Crippen molar-refractivity contribution in [2.75, 3.05) is 26.2 Å². The summed E-state index contributed by atoms with van der Waals surface area (Å²) in [6.07, 6.45) is 8.86. The normalized spacial score (nSPS) is 34.9. The molecule has 5 rings (SSSR count). The van der Waals surface area contributed by atoms with Gasteiger partial charge in [0.05, 0.1) is 10.6 Å². The SMILES string of the molecule is CC(=O)NCCNCCCc1ccc(Cl)c(C(=O)NCC2CC3CC4[C@@H](C)[C@H]5CC2CC45C3)c1. The van der Waals surface area contributed by atoms with Crippen molar-refractivity contribution in [3.8, 4) is 0 Å². The molecule has 3 bridgehead atoms. The first kappa shape index (κ1) is 24.1. The summed E-state index contributed by atoms with van der Waals surface area (Å²) in [4.78, 5) is 24.0. The smallest absolute Gasteiger partial charge is 0.252 e. The van der Waals surface area contributed by atoms with E-state index in [4.69, 9.17) is 11.6 Å². The van der Waals surface area contributed by atoms with E-state index < -0.39 is 0 Å². The van der Waals surface area contributed by atoms with E-state index >= 15 is 0 Å². The van der Waals surface area contributed by atoms with Gasteiger partial charge in [-0.1, -0.05) is 24.6 Å². The summed E-state index contributed by atoms with van der Waals surface area (Å²) in [5, 5.41) is 9.92. The van der Waals surface area contributed by atoms with Gasteiger partial charge in [-0.05, 0) is 110 Å². The van der Waals surface area contributed by atoms with E-state index in [0.717, 1.165) is 67.6 Å². The van der Waals surface area contributed by atoms with Crippen LogP contribution in [0.25, 0.3) is 0 Å². The van der Waals surface area contributed by atoms with Crippen LogP contribution in [0.3, 0.4) is 0 Å². The van der Waals surface area contributed by atoms with Crippen LogP contribution in [0.2, 0.25) is 5.02 Å². The zero-order chi connectivity index (χ0) is 23.9. The van der Waals surface area contributed by atoms with Gasteiger partial charge in [0.2, 0.25) is 5.91 Å². The highest BCUT2D eigenvalue weighted by Gasteiger charge is 2.69. The van der Waals surface area contributed by atoms with Crippen molar-refractivity contribution in [1.82, 2.24) is 16.0 Å². The van der Waals surface area contributed by atoms with Crippen LogP contribution in [0.15, 0.2) is 18.2 Å². The number of rotatable bonds is 10. The van der Waals surface area contributed by atoms with Crippen LogP contribution in [0, 0.1) is 40.9 Å². The molecular weight excluding hydrogens is 446 g/mol. The second-order valence-electron chi connectivity index (χ2n) is 11.7. The van der Waals surface area contributed by atoms with E-state index in [0.29, 0.717) is 28.5 Å². The fourth-order valence-corrected chi connectivity index (χ4v) is 8.65. The van der Waals surface area contributed by atoms with E-state index in [1.807, 2.05) is 18.2 Å². The molecule has 5 unspecified atom stereocenters. The van der Waals surface area contributed by atoms with Crippen LogP contribution in [-0.2, 0) is 11.2 Å². The number of aryl methyl sites for hydroxylation is 1. The molecular formula is C28H40ClN3O2. The van der Waals surface area contributed by atoms with Gasteiger partial charge < -0.3 is 16.0 Å². The number of halogens is 1. The summed E-state index contributed by atoms with van der Waals surface area (Å²) in [6, 6.07) is 5.84. The molecule has 3 N–H and O–H groups in total. The maximum absolute atomic E-state index is 13.1. The number of carbonyl (C=O) groups is 2. The lowest BCUT2D eigenvalue weighted by Gasteiger charge is -2.54. The van der Waals surface area contributed by atoms with Gasteiger partial charge in [-0.15, -0.1) is 0 Å². The van der Waals surface area contributed by atoms with Crippen molar-refractivity contribution < 1.29 is 9.59 Å². The third-order valence-corrected chi connectivity index (χ3v) is 10.1. The van der Waals surface area contributed by atoms with Crippen LogP contribution < -0.4 is 16.0 Å². The molecule has 0 heterocycles. The Morgan fingerprint density at radius 3 is 2.71 bits per heavy atom. The quantitative estimate of drug-likeness (QED) is 0.429. The lowest BCUT2D eigenvalue weighted by Crippen LogP contribution is -2.49. The van der Waals surface area contributed by atoms with Gasteiger partial charge in [0.1, 0.15) is 0 Å². The summed E-state index contributed by atoms with van der Waals surface area (Å²) in [5.41, 5.74) is 2.42. The highest BCUT2D eigenvalue weighted by molar-refractivity contribution is 6.33. The molecule has 4 aliphatic carbocycles. The second-order valence-corrected chi connectivity index (χ2v) is 12.1. The molecule has 0 radical (unpaired) electrons. The lowest BCUT2D eigenvalue weighted by atomic mass is 9.50. The minimum atomic E-state index is -0.0277. The monoisotopic (exact) mass is 485 g/mol. The topological polar surface area (TPSA) is 70.2 Å². The predicted octanol–water partition coefficient (Wildman–Crippen LogP) is 4.44. The van der Waals surface area contributed by atoms with Gasteiger partial charge in [0, 0.05) is 26.6 Å². The average Bonchev–Trinajstić information content (AvgIpc) is 3.28. The zero-order valence-electron chi connectivity index (χ0n) is 20.7. The van der Waals surface area contributed by atoms with E-state index in [2.05, 4.69) is 22.9 Å². The Morgan fingerprint density at radius 1 is 1.06 bits per heavy atom. The molecule has 0 saturated heterocycles. The van der Waals surface area contributed by atoms with E-state index in [9.17, 15) is 9.59 Å². The number of carbonyl (C=O) groups excluding carboxylic acids is 2. The molecule has 0 aromatic heterocycles. The van der Waals surface area contributed by atoms with Crippen LogP contribution in [0.4, 0.5) is 0 Å². The highest BCUT2D eigenvalue weighted by Crippen LogP contribution is 2.76. The number of amides is 2. The molecule has 34 heavy (non-hydrogen) atoms. The van der Waals surface area contributed by atoms with Gasteiger partial charge >= 0.3 is 0 Å². The molecule has 1 aromatic rings. The summed E-state index contributed by atoms with van der Waals surface area (Å²) in [5.74, 6) is 5.15. The van der Waals surface area contributed by atoms with Gasteiger partial charge in [0.25, 0.3) is 5.91 Å². The van der Waals surface area contributed by atoms with Gasteiger partial charge in [0.15, 0.2) is 0 Å². The molecule has 4 saturated carbocycles. The van der Waals surface area contributed by atoms with Crippen LogP contribution in [-0.4, -0.2) is 38.0 Å². The molecule has 2 amide bonds. The van der Waals surface area contributed by atoms with Gasteiger partial charge in [-0.25, -0.2) is 0 Å². The number of fused-ring (bicyclic) bond motifs is 2. The van der Waals surface area contributed by atoms with Crippen LogP contribution in [0.5, 0.6) is 0 Å². The summed E-state index contributed by atoms with van der Waals surface area (Å²) >= 11 is 6.43. The van der Waals surface area contributed by atoms with E-state index in [-0.39, 0.29) is 11.8 Å². The fraction of sp³-hybridized carbons (Fsp3) is 0.714. The summed E-state index contributed by atoms with van der Waals surface area (Å²) < 4.78 is 0. The first-order chi connectivity index (χ1) is 16.4. The first-order valence-electron chi connectivity index (χ1n) is 13.4. The number of hydrogen-bond donors (Lipinski definition) is 3. The van der Waals surface area contributed by atoms with Crippen molar-refractivity contribution in [2.24, 2.45) is 40.9 Å². The third kappa shape index (κ3) is 4.51. The first-order valence-corrected chi connectivity index (χ1v) is 13.8. The van der Waals surface area contributed by atoms with Crippen LogP contribution >= 0.6 is 11.6 Å². The fourth-order valence-electron chi connectivity index (χ4n) is 8.45. The molecule has 6 heteroatoms. The second kappa shape index (κ2) is 9.81. The van der Waals surface area contributed by atoms with Crippen molar-refractivity contribution in [3.05, 3.63) is 34.3 Å². The molecule has 7 atom stereocenters. The third-order valence-electron chi connectivity index (χ3n) is 9.80. The van der Waals surface area contributed by atoms with E-state index in [1.165, 1.54) is 39.0 Å². The summed E-state index contributed by atoms with van der Waals surface area (Å²) in [6.45, 7) is 7.09. The number of benzene rings is 1. The average molecular weight is 486 g/mol. The molecule has 186 valence electrons. The van der Waals surface area contributed by atoms with Crippen molar-refractivity contribution in [2.45, 2.75) is 58.8 Å². The minimum Gasteiger partial charge on any atom is -0.355 e. The highest BCUT2D eigenvalue weighted by atomic mass is 35.5. The Kier molecular flexibility index (Phi) is 6.96. The number of hydrogen-bond acceptors (Lipinski definition) is 3.